The van der Waals surface area contributed by atoms with E-state index in [-0.39, 0.29) is 16.8 Å². The summed E-state index contributed by atoms with van der Waals surface area (Å²) in [6, 6.07) is 1.53. The Balaban J connectivity index is 2.50. The number of aromatic nitrogens is 2. The van der Waals surface area contributed by atoms with Gasteiger partial charge in [0.2, 0.25) is 0 Å². The number of nitrogens with two attached hydrogens (primary N) is 1. The summed E-state index contributed by atoms with van der Waals surface area (Å²) >= 11 is 0.933. The van der Waals surface area contributed by atoms with Crippen molar-refractivity contribution in [3.63, 3.8) is 0 Å². The molecule has 0 aliphatic rings. The molecule has 0 bridgehead atoms. The van der Waals surface area contributed by atoms with E-state index in [1.807, 2.05) is 0 Å². The molecule has 0 radical (unpaired) electrons. The minimum atomic E-state index is -0.547. The molecule has 0 unspecified atom stereocenters. The molecule has 0 amide bonds. The quantitative estimate of drug-likeness (QED) is 0.337. The number of amidine groups is 1. The Morgan fingerprint density at radius 3 is 3.00 bits per heavy atom. The van der Waals surface area contributed by atoms with Gasteiger partial charge in [0.25, 0.3) is 0 Å². The fourth-order valence-electron chi connectivity index (χ4n) is 0.787. The first-order valence-corrected chi connectivity index (χ1v) is 5.00. The van der Waals surface area contributed by atoms with Crippen LogP contribution in [0, 0.1) is 12.3 Å². The first-order chi connectivity index (χ1) is 7.09. The molecule has 0 aliphatic carbocycles. The predicted molar refractivity (Wildman–Crippen MR) is 56.6 cm³/mol. The second-order valence-electron chi connectivity index (χ2n) is 2.60. The van der Waals surface area contributed by atoms with Crippen molar-refractivity contribution in [3.8, 4) is 0 Å². The van der Waals surface area contributed by atoms with Gasteiger partial charge in [0.1, 0.15) is 12.3 Å². The van der Waals surface area contributed by atoms with Crippen molar-refractivity contribution in [2.45, 2.75) is 6.92 Å². The Kier molecular flexibility index (Phi) is 4.04. The first kappa shape index (κ1) is 11.4. The van der Waals surface area contributed by atoms with Gasteiger partial charge in [-0.2, -0.15) is 0 Å². The summed E-state index contributed by atoms with van der Waals surface area (Å²) in [6.45, 7) is 1.75. The number of nitrogens with one attached hydrogen (secondary N) is 1. The first-order valence-electron chi connectivity index (χ1n) is 4.02. The zero-order valence-electron chi connectivity index (χ0n) is 8.06. The van der Waals surface area contributed by atoms with Gasteiger partial charge in [-0.1, -0.05) is 0 Å². The van der Waals surface area contributed by atoms with Crippen LogP contribution in [0.1, 0.15) is 16.2 Å². The lowest BCUT2D eigenvalue weighted by molar-refractivity contribution is 0.0573. The van der Waals surface area contributed by atoms with Gasteiger partial charge < -0.3 is 10.5 Å². The summed E-state index contributed by atoms with van der Waals surface area (Å²) in [5, 5.41) is 6.81. The summed E-state index contributed by atoms with van der Waals surface area (Å²) < 4.78 is 4.81. The molecule has 1 rings (SSSR count). The Hall–Kier alpha value is -1.63. The molecule has 0 spiro atoms. The number of carbonyl (C=O) groups is 1. The predicted octanol–water partition coefficient (Wildman–Crippen LogP) is 0.526. The van der Waals surface area contributed by atoms with E-state index >= 15 is 0 Å². The maximum Gasteiger partial charge on any atom is 0.357 e. The van der Waals surface area contributed by atoms with E-state index in [4.69, 9.17) is 15.9 Å². The third kappa shape index (κ3) is 3.94. The molecule has 6 nitrogen and oxygen atoms in total. The molecule has 0 fully saturated rings. The van der Waals surface area contributed by atoms with E-state index in [9.17, 15) is 4.79 Å². The van der Waals surface area contributed by atoms with Crippen LogP contribution in [0.2, 0.25) is 0 Å². The summed E-state index contributed by atoms with van der Waals surface area (Å²) in [4.78, 5) is 19.0. The van der Waals surface area contributed by atoms with E-state index in [2.05, 4.69) is 9.97 Å². The van der Waals surface area contributed by atoms with Gasteiger partial charge in [0, 0.05) is 5.69 Å². The van der Waals surface area contributed by atoms with Crippen LogP contribution in [0.4, 0.5) is 0 Å². The summed E-state index contributed by atoms with van der Waals surface area (Å²) in [5.74, 6) is -0.536. The second kappa shape index (κ2) is 5.30. The van der Waals surface area contributed by atoms with Gasteiger partial charge in [-0.15, -0.1) is 0 Å². The average molecular weight is 226 g/mol. The lowest BCUT2D eigenvalue weighted by Crippen LogP contribution is -2.11. The Bertz CT molecular complexity index is 383. The molecular formula is C8H10N4O2S. The Morgan fingerprint density at radius 1 is 1.67 bits per heavy atom. The third-order valence-corrected chi connectivity index (χ3v) is 1.96. The van der Waals surface area contributed by atoms with E-state index in [1.54, 1.807) is 6.92 Å². The van der Waals surface area contributed by atoms with Crippen molar-refractivity contribution in [3.05, 3.63) is 23.8 Å². The zero-order chi connectivity index (χ0) is 11.3. The van der Waals surface area contributed by atoms with E-state index in [1.165, 1.54) is 12.4 Å². The Morgan fingerprint density at radius 2 is 2.40 bits per heavy atom. The molecule has 0 aliphatic heterocycles. The van der Waals surface area contributed by atoms with Crippen molar-refractivity contribution in [2.24, 2.45) is 5.73 Å². The van der Waals surface area contributed by atoms with Crippen LogP contribution in [-0.2, 0) is 4.74 Å². The number of rotatable bonds is 3. The molecule has 0 saturated heterocycles. The molecule has 7 heteroatoms. The van der Waals surface area contributed by atoms with Crippen molar-refractivity contribution < 1.29 is 9.53 Å². The highest BCUT2D eigenvalue weighted by Crippen LogP contribution is 2.03. The minimum Gasteiger partial charge on any atom is -0.449 e. The highest BCUT2D eigenvalue weighted by Gasteiger charge is 2.08. The van der Waals surface area contributed by atoms with Crippen LogP contribution in [0.3, 0.4) is 0 Å². The van der Waals surface area contributed by atoms with Gasteiger partial charge in [-0.3, -0.25) is 5.41 Å². The molecule has 0 saturated carbocycles. The van der Waals surface area contributed by atoms with Crippen LogP contribution in [0.5, 0.6) is 0 Å². The standard InChI is InChI=1S/C8H10N4O2S/c1-5-2-6(12-3-11-5)7(13)14-4-15-8(9)10/h2-3H,4H2,1H3,(H3,9,10). The minimum absolute atomic E-state index is 0.0111. The van der Waals surface area contributed by atoms with Gasteiger partial charge >= 0.3 is 5.97 Å². The summed E-state index contributed by atoms with van der Waals surface area (Å²) in [7, 11) is 0. The van der Waals surface area contributed by atoms with Gasteiger partial charge in [-0.05, 0) is 24.8 Å². The van der Waals surface area contributed by atoms with Gasteiger partial charge in [0.15, 0.2) is 10.9 Å². The smallest absolute Gasteiger partial charge is 0.357 e. The number of hydrogen-bond acceptors (Lipinski definition) is 6. The largest absolute Gasteiger partial charge is 0.449 e. The van der Waals surface area contributed by atoms with Crippen molar-refractivity contribution >= 4 is 22.9 Å². The molecule has 1 aromatic rings. The number of esters is 1. The summed E-state index contributed by atoms with van der Waals surface area (Å²) in [5.41, 5.74) is 5.96. The van der Waals surface area contributed by atoms with Crippen LogP contribution < -0.4 is 5.73 Å². The topological polar surface area (TPSA) is 102 Å². The van der Waals surface area contributed by atoms with E-state index < -0.39 is 5.97 Å². The van der Waals surface area contributed by atoms with Crippen LogP contribution in [-0.4, -0.2) is 27.0 Å². The molecule has 80 valence electrons. The fourth-order valence-corrected chi connectivity index (χ4v) is 1.08. The fraction of sp³-hybridized carbons (Fsp3) is 0.250. The van der Waals surface area contributed by atoms with Crippen LogP contribution >= 0.6 is 11.8 Å². The highest BCUT2D eigenvalue weighted by molar-refractivity contribution is 8.13. The number of carbonyl (C=O) groups excluding carboxylic acids is 1. The molecule has 3 N–H and O–H groups in total. The maximum absolute atomic E-state index is 11.3. The number of aryl methyl sites for hydroxylation is 1. The highest BCUT2D eigenvalue weighted by atomic mass is 32.2. The van der Waals surface area contributed by atoms with Crippen molar-refractivity contribution in [1.82, 2.24) is 9.97 Å². The number of hydrogen-bond donors (Lipinski definition) is 2. The molecular weight excluding hydrogens is 216 g/mol. The van der Waals surface area contributed by atoms with Crippen LogP contribution in [0.15, 0.2) is 12.4 Å². The Labute approximate surface area is 90.8 Å². The molecule has 15 heavy (non-hydrogen) atoms. The van der Waals surface area contributed by atoms with Crippen molar-refractivity contribution in [1.29, 1.82) is 5.41 Å². The van der Waals surface area contributed by atoms with Gasteiger partial charge in [-0.25, -0.2) is 14.8 Å². The lowest BCUT2D eigenvalue weighted by atomic mass is 10.3. The number of ether oxygens (including phenoxy) is 1. The van der Waals surface area contributed by atoms with Gasteiger partial charge in [0.05, 0.1) is 0 Å². The van der Waals surface area contributed by atoms with Crippen molar-refractivity contribution in [2.75, 3.05) is 5.94 Å². The van der Waals surface area contributed by atoms with Crippen LogP contribution in [0.25, 0.3) is 0 Å². The maximum atomic E-state index is 11.3. The lowest BCUT2D eigenvalue weighted by Gasteiger charge is -2.02. The average Bonchev–Trinajstić information content (AvgIpc) is 2.17. The number of nitrogens with zero attached hydrogens (tertiary/aromatic N) is 2. The molecule has 1 heterocycles. The SMILES string of the molecule is Cc1cc(C(=O)OCSC(=N)N)ncn1. The van der Waals surface area contributed by atoms with E-state index in [0.29, 0.717) is 5.69 Å². The van der Waals surface area contributed by atoms with E-state index in [0.717, 1.165) is 11.8 Å². The normalized spacial score (nSPS) is 9.67. The zero-order valence-corrected chi connectivity index (χ0v) is 8.87. The molecule has 1 aromatic heterocycles. The third-order valence-electron chi connectivity index (χ3n) is 1.42. The molecule has 0 atom stereocenters. The molecule has 0 aromatic carbocycles. The second-order valence-corrected chi connectivity index (χ2v) is 3.57. The number of thioether (sulfide) groups is 1. The summed E-state index contributed by atoms with van der Waals surface area (Å²) in [6.07, 6.45) is 1.30. The monoisotopic (exact) mass is 226 g/mol.